The van der Waals surface area contributed by atoms with Gasteiger partial charge in [-0.2, -0.15) is 0 Å². The molecule has 4 unspecified atom stereocenters. The van der Waals surface area contributed by atoms with Gasteiger partial charge in [0.1, 0.15) is 18.0 Å². The number of hydrogen-bond donors (Lipinski definition) is 2. The fourth-order valence-corrected chi connectivity index (χ4v) is 8.05. The van der Waals surface area contributed by atoms with Crippen LogP contribution in [0.25, 0.3) is 0 Å². The lowest BCUT2D eigenvalue weighted by atomic mass is 9.95. The average molecular weight is 671 g/mol. The van der Waals surface area contributed by atoms with E-state index >= 15 is 0 Å². The third-order valence-corrected chi connectivity index (χ3v) is 10.7. The van der Waals surface area contributed by atoms with E-state index in [2.05, 4.69) is 28.2 Å². The number of fused-ring (bicyclic) bond motifs is 2. The first-order valence-corrected chi connectivity index (χ1v) is 17.5. The fourth-order valence-electron chi connectivity index (χ4n) is 7.13. The SMILES string of the molecule is CN1CCN(CNC(=O)N2C3CN(CC4=CC=CC5SC=NC45)C(=O)C(Cc4ccc(O)cc4)N3C(=O)CN2Cc2ccccc2)CC1. The number of benzene rings is 2. The van der Waals surface area contributed by atoms with E-state index < -0.39 is 12.2 Å². The van der Waals surface area contributed by atoms with Crippen molar-refractivity contribution in [2.24, 2.45) is 4.99 Å². The van der Waals surface area contributed by atoms with E-state index in [0.29, 0.717) is 19.8 Å². The van der Waals surface area contributed by atoms with Crippen LogP contribution in [-0.4, -0.2) is 141 Å². The first kappa shape index (κ1) is 32.4. The first-order valence-electron chi connectivity index (χ1n) is 16.5. The number of phenols is 1. The van der Waals surface area contributed by atoms with Crippen molar-refractivity contribution in [2.45, 2.75) is 36.5 Å². The number of likely N-dealkylation sites (N-methyl/N-ethyl adjacent to an activating group) is 1. The van der Waals surface area contributed by atoms with E-state index in [1.807, 2.05) is 53.0 Å². The van der Waals surface area contributed by atoms with Crippen molar-refractivity contribution >= 4 is 35.2 Å². The van der Waals surface area contributed by atoms with Gasteiger partial charge in [0.2, 0.25) is 11.8 Å². The van der Waals surface area contributed by atoms with Crippen LogP contribution >= 0.6 is 11.8 Å². The smallest absolute Gasteiger partial charge is 0.334 e. The molecule has 4 aliphatic heterocycles. The summed E-state index contributed by atoms with van der Waals surface area (Å²) in [5.74, 6) is -0.236. The van der Waals surface area contributed by atoms with Crippen LogP contribution in [0.5, 0.6) is 5.75 Å². The van der Waals surface area contributed by atoms with Gasteiger partial charge >= 0.3 is 6.03 Å². The molecule has 3 saturated heterocycles. The maximum Gasteiger partial charge on any atom is 0.334 e. The lowest BCUT2D eigenvalue weighted by Gasteiger charge is -2.55. The number of aromatic hydroxyl groups is 1. The van der Waals surface area contributed by atoms with Crippen LogP contribution in [0.1, 0.15) is 11.1 Å². The van der Waals surface area contributed by atoms with Crippen molar-refractivity contribution in [1.29, 1.82) is 0 Å². The number of nitrogens with one attached hydrogen (secondary N) is 1. The molecular formula is C35H42N8O4S. The summed E-state index contributed by atoms with van der Waals surface area (Å²) in [7, 11) is 2.10. The molecule has 7 rings (SSSR count). The Morgan fingerprint density at radius 3 is 2.54 bits per heavy atom. The Morgan fingerprint density at radius 2 is 1.77 bits per heavy atom. The number of thioether (sulfide) groups is 1. The highest BCUT2D eigenvalue weighted by Crippen LogP contribution is 2.34. The summed E-state index contributed by atoms with van der Waals surface area (Å²) in [6.07, 6.45) is 5.72. The number of piperazine rings is 2. The molecule has 2 aromatic carbocycles. The van der Waals surface area contributed by atoms with Crippen LogP contribution in [0.15, 0.2) is 83.4 Å². The minimum Gasteiger partial charge on any atom is -0.508 e. The lowest BCUT2D eigenvalue weighted by molar-refractivity contribution is -0.191. The summed E-state index contributed by atoms with van der Waals surface area (Å²) in [5, 5.41) is 16.8. The number of carbonyl (C=O) groups excluding carboxylic acids is 3. The van der Waals surface area contributed by atoms with Crippen LogP contribution < -0.4 is 5.32 Å². The van der Waals surface area contributed by atoms with Gasteiger partial charge in [-0.15, -0.1) is 11.8 Å². The van der Waals surface area contributed by atoms with Crippen LogP contribution in [0, 0.1) is 0 Å². The van der Waals surface area contributed by atoms with E-state index in [1.54, 1.807) is 50.8 Å². The molecule has 1 aliphatic carbocycles. The number of aliphatic imine (C=N–C) groups is 1. The molecule has 12 nitrogen and oxygen atoms in total. The van der Waals surface area contributed by atoms with Crippen molar-refractivity contribution in [3.63, 3.8) is 0 Å². The van der Waals surface area contributed by atoms with Crippen LogP contribution in [-0.2, 0) is 22.6 Å². The minimum atomic E-state index is -0.829. The number of hydrazine groups is 1. The number of phenolic OH excluding ortho intramolecular Hbond substituents is 1. The zero-order valence-electron chi connectivity index (χ0n) is 27.1. The highest BCUT2D eigenvalue weighted by molar-refractivity contribution is 8.13. The third-order valence-electron chi connectivity index (χ3n) is 9.78. The largest absolute Gasteiger partial charge is 0.508 e. The Labute approximate surface area is 285 Å². The van der Waals surface area contributed by atoms with Gasteiger partial charge in [0.15, 0.2) is 0 Å². The molecule has 0 aromatic heterocycles. The molecule has 3 fully saturated rings. The number of allylic oxidation sites excluding steroid dienone is 2. The number of carbonyl (C=O) groups is 3. The standard InChI is InChI=1S/C35H42N8O4S/c1-38-14-16-39(17-15-38)23-36-35(47)43-31-21-40(20-27-8-5-9-30-33(27)37-24-48-30)34(46)29(18-25-10-12-28(44)13-11-25)42(31)32(45)22-41(43)19-26-6-3-2-4-7-26/h2-13,24,29-31,33,44H,14-23H2,1H3,(H,36,47). The molecule has 0 radical (unpaired) electrons. The Morgan fingerprint density at radius 1 is 1.00 bits per heavy atom. The number of hydrogen-bond acceptors (Lipinski definition) is 9. The molecule has 48 heavy (non-hydrogen) atoms. The second-order valence-electron chi connectivity index (χ2n) is 13.0. The van der Waals surface area contributed by atoms with Gasteiger partial charge in [0.25, 0.3) is 0 Å². The summed E-state index contributed by atoms with van der Waals surface area (Å²) >= 11 is 1.67. The second-order valence-corrected chi connectivity index (χ2v) is 14.1. The van der Waals surface area contributed by atoms with Crippen molar-refractivity contribution in [3.8, 4) is 5.75 Å². The van der Waals surface area contributed by atoms with Crippen molar-refractivity contribution < 1.29 is 19.5 Å². The quantitative estimate of drug-likeness (QED) is 0.439. The Kier molecular flexibility index (Phi) is 9.53. The molecule has 0 spiro atoms. The van der Waals surface area contributed by atoms with E-state index in [0.717, 1.165) is 42.9 Å². The molecule has 252 valence electrons. The van der Waals surface area contributed by atoms with Gasteiger partial charge in [0, 0.05) is 45.7 Å². The number of nitrogens with zero attached hydrogens (tertiary/aromatic N) is 7. The number of rotatable bonds is 8. The second kappa shape index (κ2) is 14.1. The van der Waals surface area contributed by atoms with Crippen molar-refractivity contribution in [3.05, 3.63) is 89.5 Å². The van der Waals surface area contributed by atoms with Gasteiger partial charge in [-0.1, -0.05) is 60.7 Å². The maximum atomic E-state index is 14.4. The molecule has 4 heterocycles. The topological polar surface area (TPSA) is 115 Å². The third kappa shape index (κ3) is 6.86. The van der Waals surface area contributed by atoms with Crippen molar-refractivity contribution in [2.75, 3.05) is 59.5 Å². The van der Waals surface area contributed by atoms with E-state index in [-0.39, 0.29) is 54.4 Å². The monoisotopic (exact) mass is 670 g/mol. The highest BCUT2D eigenvalue weighted by atomic mass is 32.2. The van der Waals surface area contributed by atoms with E-state index in [9.17, 15) is 19.5 Å². The van der Waals surface area contributed by atoms with Gasteiger partial charge in [-0.3, -0.25) is 19.5 Å². The first-order chi connectivity index (χ1) is 23.3. The summed E-state index contributed by atoms with van der Waals surface area (Å²) in [4.78, 5) is 55.5. The Bertz CT molecular complexity index is 1590. The Balaban J connectivity index is 1.21. The predicted octanol–water partition coefficient (Wildman–Crippen LogP) is 1.96. The number of urea groups is 1. The average Bonchev–Trinajstić information content (AvgIpc) is 3.58. The number of amides is 4. The van der Waals surface area contributed by atoms with Gasteiger partial charge in [-0.05, 0) is 35.9 Å². The van der Waals surface area contributed by atoms with Gasteiger partial charge < -0.3 is 25.1 Å². The normalized spacial score (nSPS) is 26.4. The predicted molar refractivity (Wildman–Crippen MR) is 185 cm³/mol. The molecule has 5 aliphatic rings. The molecule has 13 heteroatoms. The minimum absolute atomic E-state index is 0.0433. The molecule has 0 bridgehead atoms. The van der Waals surface area contributed by atoms with Gasteiger partial charge in [0.05, 0.1) is 36.6 Å². The summed E-state index contributed by atoms with van der Waals surface area (Å²) in [6.45, 7) is 4.78. The summed E-state index contributed by atoms with van der Waals surface area (Å²) in [5.41, 5.74) is 4.69. The maximum absolute atomic E-state index is 14.4. The van der Waals surface area contributed by atoms with E-state index in [4.69, 9.17) is 4.99 Å². The summed E-state index contributed by atoms with van der Waals surface area (Å²) in [6, 6.07) is 15.4. The van der Waals surface area contributed by atoms with Crippen LogP contribution in [0.3, 0.4) is 0 Å². The molecular weight excluding hydrogens is 629 g/mol. The molecule has 4 atom stereocenters. The summed E-state index contributed by atoms with van der Waals surface area (Å²) < 4.78 is 0. The van der Waals surface area contributed by atoms with Crippen LogP contribution in [0.4, 0.5) is 4.79 Å². The van der Waals surface area contributed by atoms with E-state index in [1.165, 1.54) is 0 Å². The fraction of sp³-hybridized carbons (Fsp3) is 0.429. The van der Waals surface area contributed by atoms with Crippen molar-refractivity contribution in [1.82, 2.24) is 34.9 Å². The van der Waals surface area contributed by atoms with Crippen LogP contribution in [0.2, 0.25) is 0 Å². The lowest BCUT2D eigenvalue weighted by Crippen LogP contribution is -2.76. The Hall–Kier alpha value is -4.17. The highest BCUT2D eigenvalue weighted by Gasteiger charge is 2.51. The van der Waals surface area contributed by atoms with Gasteiger partial charge in [-0.25, -0.2) is 14.8 Å². The molecule has 4 amide bonds. The zero-order valence-corrected chi connectivity index (χ0v) is 27.9. The zero-order chi connectivity index (χ0) is 33.2. The molecule has 0 saturated carbocycles. The molecule has 2 aromatic rings. The molecule has 2 N–H and O–H groups in total.